The van der Waals surface area contributed by atoms with Crippen molar-refractivity contribution in [3.8, 4) is 0 Å². The largest absolute Gasteiger partial charge is 0.388 e. The van der Waals surface area contributed by atoms with Crippen molar-refractivity contribution in [2.75, 3.05) is 17.2 Å². The zero-order valence-corrected chi connectivity index (χ0v) is 20.8. The number of nitrogens with zero attached hydrogens (tertiary/aromatic N) is 6. The molecule has 2 aliphatic rings. The molecule has 5 atom stereocenters. The summed E-state index contributed by atoms with van der Waals surface area (Å²) in [6.07, 6.45) is -1.06. The van der Waals surface area contributed by atoms with E-state index in [2.05, 4.69) is 15.0 Å². The number of aliphatic hydroxyl groups is 2. The fraction of sp³-hybridized carbons (Fsp3) is 0.296. The van der Waals surface area contributed by atoms with Gasteiger partial charge in [0.1, 0.15) is 30.1 Å². The Hall–Kier alpha value is -4.39. The molecule has 0 radical (unpaired) electrons. The van der Waals surface area contributed by atoms with E-state index in [9.17, 15) is 19.8 Å². The van der Waals surface area contributed by atoms with E-state index in [1.54, 1.807) is 24.3 Å². The molecule has 2 aromatic heterocycles. The van der Waals surface area contributed by atoms with Gasteiger partial charge in [0, 0.05) is 13.0 Å². The minimum atomic E-state index is -1.28. The molecule has 4 heterocycles. The molecule has 6 rings (SSSR count). The van der Waals surface area contributed by atoms with Crippen LogP contribution in [0, 0.1) is 0 Å². The first-order valence-corrected chi connectivity index (χ1v) is 12.6. The van der Waals surface area contributed by atoms with Crippen LogP contribution < -0.4 is 10.6 Å². The van der Waals surface area contributed by atoms with Crippen molar-refractivity contribution in [1.29, 1.82) is 0 Å². The van der Waals surface area contributed by atoms with Gasteiger partial charge >= 0.3 is 6.03 Å². The van der Waals surface area contributed by atoms with Gasteiger partial charge in [-0.3, -0.25) is 9.36 Å². The van der Waals surface area contributed by atoms with Crippen LogP contribution in [0.3, 0.4) is 0 Å². The minimum Gasteiger partial charge on any atom is -0.388 e. The molecule has 12 heteroatoms. The maximum atomic E-state index is 13.5. The lowest BCUT2D eigenvalue weighted by atomic mass is 10.0. The molecule has 0 aliphatic carbocycles. The van der Waals surface area contributed by atoms with Gasteiger partial charge in [0.05, 0.1) is 18.1 Å². The number of nitrogens with two attached hydrogens (primary N) is 1. The van der Waals surface area contributed by atoms with Crippen molar-refractivity contribution in [2.45, 2.75) is 43.4 Å². The number of anilines is 2. The Morgan fingerprint density at radius 2 is 1.64 bits per heavy atom. The van der Waals surface area contributed by atoms with Crippen LogP contribution in [-0.4, -0.2) is 77.5 Å². The quantitative estimate of drug-likeness (QED) is 0.301. The second-order valence-electron chi connectivity index (χ2n) is 9.61. The SMILES string of the molecule is Nc1ncnc2c1ncn2[C@@H]1O[C@H](CCN2C(=O)N(c3ccccc3)C(=O)C2Cc2ccccc2)C(O)[C@H]1O. The first-order valence-electron chi connectivity index (χ1n) is 12.6. The lowest BCUT2D eigenvalue weighted by Gasteiger charge is -2.24. The summed E-state index contributed by atoms with van der Waals surface area (Å²) in [6, 6.07) is 17.1. The molecule has 4 N–H and O–H groups in total. The second-order valence-corrected chi connectivity index (χ2v) is 9.61. The van der Waals surface area contributed by atoms with Gasteiger partial charge in [-0.2, -0.15) is 0 Å². The molecule has 39 heavy (non-hydrogen) atoms. The molecule has 2 fully saturated rings. The van der Waals surface area contributed by atoms with Gasteiger partial charge in [-0.05, 0) is 24.1 Å². The van der Waals surface area contributed by atoms with E-state index in [0.29, 0.717) is 23.3 Å². The van der Waals surface area contributed by atoms with E-state index in [1.165, 1.54) is 27.0 Å². The van der Waals surface area contributed by atoms with E-state index in [0.717, 1.165) is 5.56 Å². The maximum absolute atomic E-state index is 13.5. The highest BCUT2D eigenvalue weighted by atomic mass is 16.6. The van der Waals surface area contributed by atoms with Crippen LogP contribution in [0.5, 0.6) is 0 Å². The Morgan fingerprint density at radius 3 is 2.38 bits per heavy atom. The van der Waals surface area contributed by atoms with Crippen molar-refractivity contribution < 1.29 is 24.5 Å². The van der Waals surface area contributed by atoms with Crippen molar-refractivity contribution in [1.82, 2.24) is 24.4 Å². The zero-order valence-electron chi connectivity index (χ0n) is 20.8. The molecule has 12 nitrogen and oxygen atoms in total. The number of imide groups is 1. The van der Waals surface area contributed by atoms with Gasteiger partial charge in [0.25, 0.3) is 5.91 Å². The highest BCUT2D eigenvalue weighted by molar-refractivity contribution is 6.21. The molecular weight excluding hydrogens is 502 g/mol. The van der Waals surface area contributed by atoms with Crippen molar-refractivity contribution in [3.63, 3.8) is 0 Å². The van der Waals surface area contributed by atoms with Crippen LogP contribution in [0.2, 0.25) is 0 Å². The fourth-order valence-electron chi connectivity index (χ4n) is 5.26. The van der Waals surface area contributed by atoms with E-state index in [4.69, 9.17) is 10.5 Å². The number of carbonyl (C=O) groups excluding carboxylic acids is 2. The van der Waals surface area contributed by atoms with Gasteiger partial charge in [-0.15, -0.1) is 0 Å². The Morgan fingerprint density at radius 1 is 0.923 bits per heavy atom. The van der Waals surface area contributed by atoms with Gasteiger partial charge in [-0.1, -0.05) is 48.5 Å². The Balaban J connectivity index is 1.23. The first kappa shape index (κ1) is 24.9. The fourth-order valence-corrected chi connectivity index (χ4v) is 5.26. The molecule has 3 amide bonds. The molecule has 2 unspecified atom stereocenters. The van der Waals surface area contributed by atoms with Crippen LogP contribution in [-0.2, 0) is 16.0 Å². The number of urea groups is 1. The summed E-state index contributed by atoms with van der Waals surface area (Å²) in [5.74, 6) is -0.129. The topological polar surface area (TPSA) is 160 Å². The molecule has 4 aromatic rings. The monoisotopic (exact) mass is 529 g/mol. The van der Waals surface area contributed by atoms with E-state index in [-0.39, 0.29) is 24.7 Å². The first-order chi connectivity index (χ1) is 18.9. The number of nitrogen functional groups attached to an aromatic ring is 1. The van der Waals surface area contributed by atoms with Gasteiger partial charge in [0.15, 0.2) is 17.7 Å². The number of rotatable bonds is 7. The molecule has 2 saturated heterocycles. The number of hydrogen-bond acceptors (Lipinski definition) is 9. The minimum absolute atomic E-state index is 0.131. The number of aliphatic hydroxyl groups excluding tert-OH is 2. The molecular formula is C27H27N7O5. The summed E-state index contributed by atoms with van der Waals surface area (Å²) >= 11 is 0. The number of carbonyl (C=O) groups is 2. The number of hydrogen-bond donors (Lipinski definition) is 3. The number of benzene rings is 2. The van der Waals surface area contributed by atoms with Crippen LogP contribution in [0.15, 0.2) is 73.3 Å². The third-order valence-electron chi connectivity index (χ3n) is 7.26. The maximum Gasteiger partial charge on any atom is 0.332 e. The van der Waals surface area contributed by atoms with E-state index >= 15 is 0 Å². The van der Waals surface area contributed by atoms with E-state index in [1.807, 2.05) is 36.4 Å². The zero-order chi connectivity index (χ0) is 27.1. The standard InChI is InChI=1S/C27H27N7O5/c28-23-20-24(30-14-29-23)33(15-31-20)26-22(36)21(35)19(39-26)11-12-32-18(13-16-7-3-1-4-8-16)25(37)34(27(32)38)17-9-5-2-6-10-17/h1-10,14-15,18-19,21-22,26,35-36H,11-13H2,(H2,28,29,30)/t18?,19-,21?,22-,26-/m1/s1. The number of aromatic nitrogens is 4. The average Bonchev–Trinajstić information content (AvgIpc) is 3.57. The lowest BCUT2D eigenvalue weighted by molar-refractivity contribution is -0.119. The van der Waals surface area contributed by atoms with Crippen LogP contribution in [0.25, 0.3) is 11.2 Å². The number of ether oxygens (including phenoxy) is 1. The van der Waals surface area contributed by atoms with Gasteiger partial charge < -0.3 is 25.6 Å². The summed E-state index contributed by atoms with van der Waals surface area (Å²) in [5.41, 5.74) is 8.01. The number of amides is 3. The van der Waals surface area contributed by atoms with Crippen molar-refractivity contribution in [2.24, 2.45) is 0 Å². The normalized spacial score (nSPS) is 25.2. The van der Waals surface area contributed by atoms with Crippen LogP contribution >= 0.6 is 0 Å². The Bertz CT molecular complexity index is 1500. The van der Waals surface area contributed by atoms with Gasteiger partial charge in [-0.25, -0.2) is 24.6 Å². The van der Waals surface area contributed by atoms with Crippen molar-refractivity contribution in [3.05, 3.63) is 78.9 Å². The third-order valence-corrected chi connectivity index (χ3v) is 7.26. The van der Waals surface area contributed by atoms with Crippen molar-refractivity contribution >= 4 is 34.6 Å². The smallest absolute Gasteiger partial charge is 0.332 e. The average molecular weight is 530 g/mol. The predicted octanol–water partition coefficient (Wildman–Crippen LogP) is 1.50. The Kier molecular flexibility index (Phi) is 6.43. The summed E-state index contributed by atoms with van der Waals surface area (Å²) in [6.45, 7) is 0.131. The Labute approximate surface area is 223 Å². The van der Waals surface area contributed by atoms with Gasteiger partial charge in [0.2, 0.25) is 0 Å². The summed E-state index contributed by atoms with van der Waals surface area (Å²) in [4.78, 5) is 42.1. The molecule has 2 aromatic carbocycles. The molecule has 0 spiro atoms. The molecule has 0 bridgehead atoms. The number of fused-ring (bicyclic) bond motifs is 1. The van der Waals surface area contributed by atoms with Crippen LogP contribution in [0.4, 0.5) is 16.3 Å². The summed E-state index contributed by atoms with van der Waals surface area (Å²) in [7, 11) is 0. The van der Waals surface area contributed by atoms with Crippen LogP contribution in [0.1, 0.15) is 18.2 Å². The second kappa shape index (κ2) is 10.1. The molecule has 200 valence electrons. The highest BCUT2D eigenvalue weighted by Gasteiger charge is 2.48. The van der Waals surface area contributed by atoms with E-state index < -0.39 is 36.6 Å². The molecule has 0 saturated carbocycles. The lowest BCUT2D eigenvalue weighted by Crippen LogP contribution is -2.40. The summed E-state index contributed by atoms with van der Waals surface area (Å²) in [5, 5.41) is 21.6. The highest BCUT2D eigenvalue weighted by Crippen LogP contribution is 2.34. The predicted molar refractivity (Wildman–Crippen MR) is 140 cm³/mol. The summed E-state index contributed by atoms with van der Waals surface area (Å²) < 4.78 is 7.55. The molecule has 2 aliphatic heterocycles. The third kappa shape index (κ3) is 4.38. The number of para-hydroxylation sites is 1. The number of imidazole rings is 1.